The fourth-order valence-corrected chi connectivity index (χ4v) is 4.26. The fraction of sp³-hybridized carbons (Fsp3) is 0.185. The third kappa shape index (κ3) is 6.11. The molecule has 0 atom stereocenters. The maximum absolute atomic E-state index is 12.2. The van der Waals surface area contributed by atoms with Gasteiger partial charge in [-0.3, -0.25) is 4.79 Å². The van der Waals surface area contributed by atoms with E-state index in [9.17, 15) is 4.79 Å². The molecular formula is C27H26BrN3O2. The summed E-state index contributed by atoms with van der Waals surface area (Å²) in [7, 11) is 0. The van der Waals surface area contributed by atoms with Crippen molar-refractivity contribution in [2.75, 3.05) is 6.61 Å². The molecule has 0 fully saturated rings. The molecule has 5 nitrogen and oxygen atoms in total. The molecule has 0 aliphatic carbocycles. The Hall–Kier alpha value is -3.38. The number of nitrogens with one attached hydrogen (secondary N) is 1. The molecule has 0 aliphatic rings. The molecule has 0 saturated carbocycles. The molecule has 168 valence electrons. The van der Waals surface area contributed by atoms with Gasteiger partial charge in [-0.15, -0.1) is 0 Å². The van der Waals surface area contributed by atoms with Crippen molar-refractivity contribution in [3.63, 3.8) is 0 Å². The van der Waals surface area contributed by atoms with Crippen LogP contribution in [0.3, 0.4) is 0 Å². The Labute approximate surface area is 202 Å². The number of fused-ring (bicyclic) bond motifs is 1. The van der Waals surface area contributed by atoms with Crippen molar-refractivity contribution in [1.82, 2.24) is 9.99 Å². The first-order chi connectivity index (χ1) is 16.1. The predicted molar refractivity (Wildman–Crippen MR) is 137 cm³/mol. The van der Waals surface area contributed by atoms with Gasteiger partial charge in [0.15, 0.2) is 0 Å². The van der Waals surface area contributed by atoms with Gasteiger partial charge < -0.3 is 9.30 Å². The van der Waals surface area contributed by atoms with Crippen LogP contribution in [0.1, 0.15) is 29.5 Å². The summed E-state index contributed by atoms with van der Waals surface area (Å²) in [5.74, 6) is 0.650. The lowest BCUT2D eigenvalue weighted by molar-refractivity contribution is -0.121. The molecule has 1 amide bonds. The fourth-order valence-electron chi connectivity index (χ4n) is 3.66. The largest absolute Gasteiger partial charge is 0.492 e. The molecule has 4 aromatic rings. The zero-order valence-corrected chi connectivity index (χ0v) is 20.1. The molecule has 3 aromatic carbocycles. The van der Waals surface area contributed by atoms with Gasteiger partial charge in [0, 0.05) is 35.6 Å². The van der Waals surface area contributed by atoms with Gasteiger partial charge in [0.25, 0.3) is 0 Å². The number of nitrogens with zero attached hydrogens (tertiary/aromatic N) is 2. The van der Waals surface area contributed by atoms with Crippen LogP contribution < -0.4 is 10.2 Å². The first-order valence-electron chi connectivity index (χ1n) is 10.9. The van der Waals surface area contributed by atoms with E-state index in [1.165, 1.54) is 5.56 Å². The van der Waals surface area contributed by atoms with E-state index < -0.39 is 0 Å². The number of ether oxygens (including phenoxy) is 1. The highest BCUT2D eigenvalue weighted by molar-refractivity contribution is 9.10. The molecule has 1 aromatic heterocycles. The summed E-state index contributed by atoms with van der Waals surface area (Å²) in [6.07, 6.45) is 4.73. The zero-order valence-electron chi connectivity index (χ0n) is 18.5. The summed E-state index contributed by atoms with van der Waals surface area (Å²) in [5, 5.41) is 5.29. The maximum Gasteiger partial charge on any atom is 0.240 e. The van der Waals surface area contributed by atoms with Crippen LogP contribution in [0, 0.1) is 6.92 Å². The molecule has 1 heterocycles. The lowest BCUT2D eigenvalue weighted by atomic mass is 10.2. The van der Waals surface area contributed by atoms with Gasteiger partial charge in [-0.1, -0.05) is 54.6 Å². The Morgan fingerprint density at radius 1 is 1.09 bits per heavy atom. The Morgan fingerprint density at radius 2 is 1.88 bits per heavy atom. The standard InChI is InChI=1S/C27H26BrN3O2/c1-20-13-14-26(24(28)16-20)33-15-7-12-27(32)30-29-17-22-19-31(18-21-8-3-2-4-9-21)25-11-6-5-10-23(22)25/h2-6,8-11,13-14,16-17,19H,7,12,15,18H2,1H3,(H,30,32)/b29-17+. The minimum atomic E-state index is -0.133. The second-order valence-corrected chi connectivity index (χ2v) is 8.75. The SMILES string of the molecule is Cc1ccc(OCCCC(=O)N/N=C/c2cn(Cc3ccccc3)c3ccccc23)c(Br)c1. The average Bonchev–Trinajstić information content (AvgIpc) is 3.16. The third-order valence-corrected chi connectivity index (χ3v) is 5.92. The summed E-state index contributed by atoms with van der Waals surface area (Å²) < 4.78 is 8.87. The first kappa shape index (κ1) is 22.8. The summed E-state index contributed by atoms with van der Waals surface area (Å²) >= 11 is 3.50. The highest BCUT2D eigenvalue weighted by Gasteiger charge is 2.08. The predicted octanol–water partition coefficient (Wildman–Crippen LogP) is 6.07. The number of aryl methyl sites for hydroxylation is 1. The monoisotopic (exact) mass is 503 g/mol. The second-order valence-electron chi connectivity index (χ2n) is 7.89. The van der Waals surface area contributed by atoms with Crippen molar-refractivity contribution in [1.29, 1.82) is 0 Å². The van der Waals surface area contributed by atoms with E-state index in [-0.39, 0.29) is 5.91 Å². The van der Waals surface area contributed by atoms with Crippen molar-refractivity contribution < 1.29 is 9.53 Å². The van der Waals surface area contributed by atoms with Crippen LogP contribution in [-0.4, -0.2) is 23.3 Å². The molecule has 0 bridgehead atoms. The molecular weight excluding hydrogens is 478 g/mol. The number of carbonyl (C=O) groups is 1. The zero-order chi connectivity index (χ0) is 23.0. The number of carbonyl (C=O) groups excluding carboxylic acids is 1. The molecule has 4 rings (SSSR count). The van der Waals surface area contributed by atoms with Gasteiger partial charge in [0.1, 0.15) is 5.75 Å². The van der Waals surface area contributed by atoms with Gasteiger partial charge in [-0.2, -0.15) is 5.10 Å². The highest BCUT2D eigenvalue weighted by atomic mass is 79.9. The van der Waals surface area contributed by atoms with Gasteiger partial charge >= 0.3 is 0 Å². The van der Waals surface area contributed by atoms with Crippen LogP contribution >= 0.6 is 15.9 Å². The van der Waals surface area contributed by atoms with Gasteiger partial charge in [0.05, 0.1) is 17.3 Å². The minimum Gasteiger partial charge on any atom is -0.492 e. The van der Waals surface area contributed by atoms with E-state index >= 15 is 0 Å². The van der Waals surface area contributed by atoms with Crippen LogP contribution in [0.15, 0.2) is 88.6 Å². The Morgan fingerprint density at radius 3 is 2.70 bits per heavy atom. The van der Waals surface area contributed by atoms with Crippen molar-refractivity contribution in [2.45, 2.75) is 26.3 Å². The Bertz CT molecular complexity index is 1270. The number of halogens is 1. The van der Waals surface area contributed by atoms with Crippen molar-refractivity contribution >= 4 is 39.0 Å². The maximum atomic E-state index is 12.2. The number of rotatable bonds is 9. The number of hydrogen-bond donors (Lipinski definition) is 1. The number of para-hydroxylation sites is 1. The van der Waals surface area contributed by atoms with Gasteiger partial charge in [-0.05, 0) is 58.6 Å². The molecule has 6 heteroatoms. The van der Waals surface area contributed by atoms with Crippen LogP contribution in [0.25, 0.3) is 10.9 Å². The summed E-state index contributed by atoms with van der Waals surface area (Å²) in [6.45, 7) is 3.27. The van der Waals surface area contributed by atoms with E-state index in [2.05, 4.69) is 61.5 Å². The quantitative estimate of drug-likeness (QED) is 0.171. The van der Waals surface area contributed by atoms with Gasteiger partial charge in [0.2, 0.25) is 5.91 Å². The Kier molecular flexibility index (Phi) is 7.58. The molecule has 0 aliphatic heterocycles. The van der Waals surface area contributed by atoms with Gasteiger partial charge in [-0.25, -0.2) is 5.43 Å². The molecule has 1 N–H and O–H groups in total. The van der Waals surface area contributed by atoms with Crippen LogP contribution in [-0.2, 0) is 11.3 Å². The summed E-state index contributed by atoms with van der Waals surface area (Å²) in [5.41, 5.74) is 7.12. The minimum absolute atomic E-state index is 0.133. The highest BCUT2D eigenvalue weighted by Crippen LogP contribution is 2.26. The van der Waals surface area contributed by atoms with Crippen molar-refractivity contribution in [2.24, 2.45) is 5.10 Å². The number of aromatic nitrogens is 1. The van der Waals surface area contributed by atoms with E-state index in [1.54, 1.807) is 6.21 Å². The summed E-state index contributed by atoms with van der Waals surface area (Å²) in [6, 6.07) is 24.5. The van der Waals surface area contributed by atoms with E-state index in [4.69, 9.17) is 4.74 Å². The Balaban J connectivity index is 1.31. The van der Waals surface area contributed by atoms with Crippen molar-refractivity contribution in [3.8, 4) is 5.75 Å². The number of hydrazone groups is 1. The number of benzene rings is 3. The van der Waals surface area contributed by atoms with E-state index in [0.29, 0.717) is 19.4 Å². The number of hydrogen-bond acceptors (Lipinski definition) is 3. The van der Waals surface area contributed by atoms with Crippen LogP contribution in [0.2, 0.25) is 0 Å². The summed E-state index contributed by atoms with van der Waals surface area (Å²) in [4.78, 5) is 12.2. The molecule has 0 unspecified atom stereocenters. The topological polar surface area (TPSA) is 55.6 Å². The average molecular weight is 504 g/mol. The first-order valence-corrected chi connectivity index (χ1v) is 11.7. The molecule has 0 radical (unpaired) electrons. The van der Waals surface area contributed by atoms with E-state index in [1.807, 2.05) is 55.5 Å². The smallest absolute Gasteiger partial charge is 0.240 e. The lowest BCUT2D eigenvalue weighted by Gasteiger charge is -2.08. The molecule has 0 saturated heterocycles. The van der Waals surface area contributed by atoms with Crippen LogP contribution in [0.4, 0.5) is 0 Å². The van der Waals surface area contributed by atoms with Crippen molar-refractivity contribution in [3.05, 3.63) is 100 Å². The third-order valence-electron chi connectivity index (χ3n) is 5.30. The lowest BCUT2D eigenvalue weighted by Crippen LogP contribution is -2.18. The van der Waals surface area contributed by atoms with E-state index in [0.717, 1.165) is 38.8 Å². The normalized spacial score (nSPS) is 11.2. The number of amides is 1. The molecule has 0 spiro atoms. The van der Waals surface area contributed by atoms with Crippen LogP contribution in [0.5, 0.6) is 5.75 Å². The molecule has 33 heavy (non-hydrogen) atoms. The second kappa shape index (κ2) is 11.0.